The lowest BCUT2D eigenvalue weighted by Crippen LogP contribution is -2.44. The Morgan fingerprint density at radius 3 is 2.56 bits per heavy atom. The van der Waals surface area contributed by atoms with Gasteiger partial charge in [-0.05, 0) is 49.5 Å². The van der Waals surface area contributed by atoms with Gasteiger partial charge in [-0.2, -0.15) is 13.2 Å². The van der Waals surface area contributed by atoms with Crippen LogP contribution in [0.5, 0.6) is 0 Å². The van der Waals surface area contributed by atoms with Crippen molar-refractivity contribution in [3.63, 3.8) is 0 Å². The second-order valence-electron chi connectivity index (χ2n) is 6.40. The van der Waals surface area contributed by atoms with Crippen LogP contribution in [-0.4, -0.2) is 44.1 Å². The number of nitrogens with one attached hydrogen (secondary N) is 2. The summed E-state index contributed by atoms with van der Waals surface area (Å²) in [5, 5.41) is 6.47. The maximum absolute atomic E-state index is 12.6. The van der Waals surface area contributed by atoms with Gasteiger partial charge >= 0.3 is 6.18 Å². The predicted molar refractivity (Wildman–Crippen MR) is 94.5 cm³/mol. The van der Waals surface area contributed by atoms with Crippen LogP contribution in [0.25, 0.3) is 0 Å². The summed E-state index contributed by atoms with van der Waals surface area (Å²) in [5.41, 5.74) is 0.155. The summed E-state index contributed by atoms with van der Waals surface area (Å²) in [4.78, 5) is 6.64. The minimum absolute atomic E-state index is 0.434. The molecule has 1 unspecified atom stereocenters. The van der Waals surface area contributed by atoms with Crippen LogP contribution in [0.3, 0.4) is 0 Å². The van der Waals surface area contributed by atoms with Crippen molar-refractivity contribution in [2.45, 2.75) is 32.5 Å². The van der Waals surface area contributed by atoms with Crippen LogP contribution in [0.4, 0.5) is 13.2 Å². The molecule has 0 amide bonds. The minimum Gasteiger partial charge on any atom is -0.356 e. The van der Waals surface area contributed by atoms with Gasteiger partial charge in [-0.25, -0.2) is 0 Å². The quantitative estimate of drug-likeness (QED) is 0.629. The van der Waals surface area contributed by atoms with E-state index in [-0.39, 0.29) is 0 Å². The molecule has 140 valence electrons. The van der Waals surface area contributed by atoms with Crippen molar-refractivity contribution in [2.24, 2.45) is 10.9 Å². The van der Waals surface area contributed by atoms with E-state index in [1.165, 1.54) is 31.5 Å². The van der Waals surface area contributed by atoms with Crippen molar-refractivity contribution in [2.75, 3.05) is 33.2 Å². The molecule has 7 heteroatoms. The van der Waals surface area contributed by atoms with Crippen molar-refractivity contribution in [3.05, 3.63) is 35.4 Å². The van der Waals surface area contributed by atoms with Crippen molar-refractivity contribution >= 4 is 5.96 Å². The van der Waals surface area contributed by atoms with Gasteiger partial charge in [-0.3, -0.25) is 4.99 Å². The molecule has 1 aliphatic rings. The first kappa shape index (κ1) is 19.6. The molecule has 1 saturated heterocycles. The van der Waals surface area contributed by atoms with Crippen LogP contribution < -0.4 is 10.6 Å². The molecule has 0 spiro atoms. The van der Waals surface area contributed by atoms with E-state index in [4.69, 9.17) is 0 Å². The third kappa shape index (κ3) is 6.23. The fourth-order valence-corrected chi connectivity index (χ4v) is 3.06. The smallest absolute Gasteiger partial charge is 0.356 e. The number of nitrogens with zero attached hydrogens (tertiary/aromatic N) is 2. The fraction of sp³-hybridized carbons (Fsp3) is 0.611. The molecule has 0 aliphatic carbocycles. The first-order chi connectivity index (χ1) is 11.9. The molecule has 0 radical (unpaired) electrons. The number of halogens is 3. The lowest BCUT2D eigenvalue weighted by molar-refractivity contribution is -0.137. The number of likely N-dealkylation sites (tertiary alicyclic amines) is 1. The highest BCUT2D eigenvalue weighted by Gasteiger charge is 2.29. The van der Waals surface area contributed by atoms with Gasteiger partial charge in [-0.1, -0.05) is 19.1 Å². The number of piperidine rings is 1. The number of guanidine groups is 1. The largest absolute Gasteiger partial charge is 0.416 e. The van der Waals surface area contributed by atoms with E-state index < -0.39 is 11.7 Å². The molecule has 4 nitrogen and oxygen atoms in total. The SMILES string of the molecule is CCN1CCCC(CNC(=NC)NCc2ccc(C(F)(F)F)cc2)C1. The second-order valence-corrected chi connectivity index (χ2v) is 6.40. The van der Waals surface area contributed by atoms with Gasteiger partial charge in [0.25, 0.3) is 0 Å². The highest BCUT2D eigenvalue weighted by atomic mass is 19.4. The molecule has 1 fully saturated rings. The molecule has 1 aromatic rings. The molecular weight excluding hydrogens is 329 g/mol. The summed E-state index contributed by atoms with van der Waals surface area (Å²) in [6.45, 7) is 6.82. The Hall–Kier alpha value is -1.76. The summed E-state index contributed by atoms with van der Waals surface area (Å²) in [5.74, 6) is 1.27. The van der Waals surface area contributed by atoms with Gasteiger partial charge < -0.3 is 15.5 Å². The molecule has 0 aromatic heterocycles. The van der Waals surface area contributed by atoms with E-state index in [1.807, 2.05) is 0 Å². The molecule has 1 aromatic carbocycles. The third-order valence-corrected chi connectivity index (χ3v) is 4.57. The minimum atomic E-state index is -4.30. The van der Waals surface area contributed by atoms with Crippen LogP contribution in [0, 0.1) is 5.92 Å². The zero-order valence-electron chi connectivity index (χ0n) is 14.9. The van der Waals surface area contributed by atoms with Crippen LogP contribution in [0.15, 0.2) is 29.3 Å². The molecule has 25 heavy (non-hydrogen) atoms. The molecular formula is C18H27F3N4. The summed E-state index contributed by atoms with van der Waals surface area (Å²) < 4.78 is 37.7. The standard InChI is InChI=1S/C18H27F3N4/c1-3-25-10-4-5-15(13-25)12-24-17(22-2)23-11-14-6-8-16(9-7-14)18(19,20)21/h6-9,15H,3-5,10-13H2,1-2H3,(H2,22,23,24). The first-order valence-corrected chi connectivity index (χ1v) is 8.75. The maximum atomic E-state index is 12.6. The zero-order valence-corrected chi connectivity index (χ0v) is 14.9. The molecule has 0 bridgehead atoms. The summed E-state index contributed by atoms with van der Waals surface area (Å²) in [6.07, 6.45) is -1.87. The predicted octanol–water partition coefficient (Wildman–Crippen LogP) is 3.10. The lowest BCUT2D eigenvalue weighted by Gasteiger charge is -2.32. The van der Waals surface area contributed by atoms with Gasteiger partial charge in [0, 0.05) is 26.7 Å². The van der Waals surface area contributed by atoms with E-state index >= 15 is 0 Å². The van der Waals surface area contributed by atoms with Crippen molar-refractivity contribution in [1.29, 1.82) is 0 Å². The summed E-state index contributed by atoms with van der Waals surface area (Å²) in [6, 6.07) is 5.19. The molecule has 1 atom stereocenters. The van der Waals surface area contributed by atoms with Crippen LogP contribution in [-0.2, 0) is 12.7 Å². The highest BCUT2D eigenvalue weighted by Crippen LogP contribution is 2.29. The van der Waals surface area contributed by atoms with Crippen LogP contribution in [0.1, 0.15) is 30.9 Å². The number of rotatable bonds is 5. The molecule has 1 heterocycles. The van der Waals surface area contributed by atoms with Crippen molar-refractivity contribution in [1.82, 2.24) is 15.5 Å². The van der Waals surface area contributed by atoms with Gasteiger partial charge in [0.05, 0.1) is 5.56 Å². The topological polar surface area (TPSA) is 39.7 Å². The van der Waals surface area contributed by atoms with Gasteiger partial charge in [-0.15, -0.1) is 0 Å². The zero-order chi connectivity index (χ0) is 18.3. The van der Waals surface area contributed by atoms with E-state index in [9.17, 15) is 13.2 Å². The normalized spacial score (nSPS) is 19.7. The monoisotopic (exact) mass is 356 g/mol. The maximum Gasteiger partial charge on any atom is 0.416 e. The third-order valence-electron chi connectivity index (χ3n) is 4.57. The summed E-state index contributed by atoms with van der Waals surface area (Å²) in [7, 11) is 1.70. The van der Waals surface area contributed by atoms with Gasteiger partial charge in [0.2, 0.25) is 0 Å². The molecule has 2 N–H and O–H groups in total. The van der Waals surface area contributed by atoms with E-state index in [0.717, 1.165) is 37.3 Å². The average Bonchev–Trinajstić information content (AvgIpc) is 2.61. The number of alkyl halides is 3. The van der Waals surface area contributed by atoms with E-state index in [2.05, 4.69) is 27.4 Å². The molecule has 0 saturated carbocycles. The number of benzene rings is 1. The fourth-order valence-electron chi connectivity index (χ4n) is 3.06. The van der Waals surface area contributed by atoms with E-state index in [0.29, 0.717) is 18.4 Å². The molecule has 2 rings (SSSR count). The summed E-state index contributed by atoms with van der Waals surface area (Å²) >= 11 is 0. The highest BCUT2D eigenvalue weighted by molar-refractivity contribution is 5.79. The Morgan fingerprint density at radius 1 is 1.24 bits per heavy atom. The Balaban J connectivity index is 1.78. The average molecular weight is 356 g/mol. The lowest BCUT2D eigenvalue weighted by atomic mass is 9.98. The van der Waals surface area contributed by atoms with Gasteiger partial charge in [0.15, 0.2) is 5.96 Å². The number of aliphatic imine (C=N–C) groups is 1. The number of hydrogen-bond acceptors (Lipinski definition) is 2. The first-order valence-electron chi connectivity index (χ1n) is 8.75. The molecule has 1 aliphatic heterocycles. The Labute approximate surface area is 147 Å². The van der Waals surface area contributed by atoms with Crippen molar-refractivity contribution in [3.8, 4) is 0 Å². The van der Waals surface area contributed by atoms with Crippen molar-refractivity contribution < 1.29 is 13.2 Å². The Kier molecular flexibility index (Phi) is 7.11. The van der Waals surface area contributed by atoms with Crippen LogP contribution >= 0.6 is 0 Å². The van der Waals surface area contributed by atoms with Gasteiger partial charge in [0.1, 0.15) is 0 Å². The number of hydrogen-bond donors (Lipinski definition) is 2. The Bertz CT molecular complexity index is 554. The van der Waals surface area contributed by atoms with Crippen LogP contribution in [0.2, 0.25) is 0 Å². The second kappa shape index (κ2) is 9.08. The Morgan fingerprint density at radius 2 is 1.96 bits per heavy atom. The van der Waals surface area contributed by atoms with E-state index in [1.54, 1.807) is 7.05 Å².